The lowest BCUT2D eigenvalue weighted by Gasteiger charge is -2.39. The summed E-state index contributed by atoms with van der Waals surface area (Å²) in [4.78, 5) is 13.2. The molecule has 4 heteroatoms. The van der Waals surface area contributed by atoms with Gasteiger partial charge in [-0.1, -0.05) is 13.8 Å². The molecule has 4 nitrogen and oxygen atoms in total. The van der Waals surface area contributed by atoms with Gasteiger partial charge in [-0.15, -0.1) is 0 Å². The van der Waals surface area contributed by atoms with Crippen LogP contribution in [0.3, 0.4) is 0 Å². The average molecular weight is 215 g/mol. The molecule has 0 unspecified atom stereocenters. The van der Waals surface area contributed by atoms with E-state index in [9.17, 15) is 9.90 Å². The summed E-state index contributed by atoms with van der Waals surface area (Å²) in [5.74, 6) is -0.605. The third kappa shape index (κ3) is 3.18. The Bertz CT molecular complexity index is 220. The number of rotatable bonds is 3. The van der Waals surface area contributed by atoms with E-state index in [1.165, 1.54) is 0 Å². The molecule has 1 N–H and O–H groups in total. The van der Waals surface area contributed by atoms with Crippen molar-refractivity contribution < 1.29 is 14.6 Å². The molecule has 88 valence electrons. The molecule has 3 atom stereocenters. The van der Waals surface area contributed by atoms with E-state index in [1.807, 2.05) is 32.6 Å². The first-order valence-electron chi connectivity index (χ1n) is 5.54. The van der Waals surface area contributed by atoms with Gasteiger partial charge in [-0.2, -0.15) is 0 Å². The highest BCUT2D eigenvalue weighted by Crippen LogP contribution is 2.18. The van der Waals surface area contributed by atoms with Crippen LogP contribution in [0.25, 0.3) is 0 Å². The van der Waals surface area contributed by atoms with Gasteiger partial charge in [0.25, 0.3) is 0 Å². The highest BCUT2D eigenvalue weighted by atomic mass is 16.5. The van der Waals surface area contributed by atoms with Crippen molar-refractivity contribution in [1.29, 1.82) is 0 Å². The van der Waals surface area contributed by atoms with Gasteiger partial charge in [0.1, 0.15) is 6.04 Å². The van der Waals surface area contributed by atoms with Crippen LogP contribution in [0.15, 0.2) is 0 Å². The molecule has 0 spiro atoms. The largest absolute Gasteiger partial charge is 0.480 e. The molecule has 1 aliphatic rings. The van der Waals surface area contributed by atoms with E-state index in [0.717, 1.165) is 0 Å². The SMILES string of the molecule is CC(C)[C@H](C(=O)O)N1C[C@H](C)O[C@@H](C)C1. The van der Waals surface area contributed by atoms with Crippen molar-refractivity contribution >= 4 is 5.97 Å². The minimum absolute atomic E-state index is 0.120. The first kappa shape index (κ1) is 12.5. The fourth-order valence-corrected chi connectivity index (χ4v) is 2.31. The zero-order valence-corrected chi connectivity index (χ0v) is 9.93. The van der Waals surface area contributed by atoms with Gasteiger partial charge in [0.15, 0.2) is 0 Å². The number of morpholine rings is 1. The van der Waals surface area contributed by atoms with E-state index in [-0.39, 0.29) is 18.1 Å². The van der Waals surface area contributed by atoms with E-state index < -0.39 is 12.0 Å². The maximum absolute atomic E-state index is 11.2. The Balaban J connectivity index is 2.70. The fraction of sp³-hybridized carbons (Fsp3) is 0.909. The number of carbonyl (C=O) groups is 1. The molecule has 0 saturated carbocycles. The van der Waals surface area contributed by atoms with Crippen LogP contribution in [0.5, 0.6) is 0 Å². The number of carboxylic acids is 1. The second-order valence-electron chi connectivity index (χ2n) is 4.74. The van der Waals surface area contributed by atoms with E-state index in [1.54, 1.807) is 0 Å². The summed E-state index contributed by atoms with van der Waals surface area (Å²) in [7, 11) is 0. The van der Waals surface area contributed by atoms with Gasteiger partial charge in [0.2, 0.25) is 0 Å². The summed E-state index contributed by atoms with van der Waals surface area (Å²) in [5.41, 5.74) is 0. The number of hydrogen-bond acceptors (Lipinski definition) is 3. The quantitative estimate of drug-likeness (QED) is 0.768. The monoisotopic (exact) mass is 215 g/mol. The normalized spacial score (nSPS) is 30.5. The van der Waals surface area contributed by atoms with E-state index in [2.05, 4.69) is 0 Å². The summed E-state index contributed by atoms with van der Waals surface area (Å²) >= 11 is 0. The predicted molar refractivity (Wildman–Crippen MR) is 57.8 cm³/mol. The molecule has 0 radical (unpaired) electrons. The molecule has 0 bridgehead atoms. The van der Waals surface area contributed by atoms with Crippen LogP contribution in [0.1, 0.15) is 27.7 Å². The van der Waals surface area contributed by atoms with Crippen LogP contribution >= 0.6 is 0 Å². The van der Waals surface area contributed by atoms with Crippen LogP contribution in [0, 0.1) is 5.92 Å². The summed E-state index contributed by atoms with van der Waals surface area (Å²) in [5, 5.41) is 9.19. The second kappa shape index (κ2) is 4.94. The van der Waals surface area contributed by atoms with Crippen molar-refractivity contribution in [1.82, 2.24) is 4.90 Å². The molecule has 0 aromatic rings. The first-order chi connectivity index (χ1) is 6.91. The molecule has 1 aliphatic heterocycles. The lowest BCUT2D eigenvalue weighted by atomic mass is 10.0. The maximum Gasteiger partial charge on any atom is 0.321 e. The first-order valence-corrected chi connectivity index (χ1v) is 5.54. The molecular formula is C11H21NO3. The lowest BCUT2D eigenvalue weighted by Crippen LogP contribution is -2.54. The van der Waals surface area contributed by atoms with Crippen LogP contribution in [0.2, 0.25) is 0 Å². The Morgan fingerprint density at radius 3 is 2.13 bits per heavy atom. The molecule has 0 aromatic carbocycles. The summed E-state index contributed by atoms with van der Waals surface area (Å²) in [6.07, 6.45) is 0.240. The van der Waals surface area contributed by atoms with Crippen molar-refractivity contribution in [2.75, 3.05) is 13.1 Å². The Labute approximate surface area is 91.2 Å². The molecule has 0 aliphatic carbocycles. The van der Waals surface area contributed by atoms with Gasteiger partial charge < -0.3 is 9.84 Å². The van der Waals surface area contributed by atoms with E-state index in [0.29, 0.717) is 13.1 Å². The van der Waals surface area contributed by atoms with Crippen LogP contribution < -0.4 is 0 Å². The highest BCUT2D eigenvalue weighted by molar-refractivity contribution is 5.73. The van der Waals surface area contributed by atoms with Gasteiger partial charge in [-0.3, -0.25) is 9.69 Å². The van der Waals surface area contributed by atoms with Crippen LogP contribution in [0.4, 0.5) is 0 Å². The van der Waals surface area contributed by atoms with E-state index in [4.69, 9.17) is 4.74 Å². The summed E-state index contributed by atoms with van der Waals surface area (Å²) in [6.45, 7) is 9.29. The third-order valence-electron chi connectivity index (χ3n) is 2.73. The van der Waals surface area contributed by atoms with Gasteiger partial charge in [-0.25, -0.2) is 0 Å². The van der Waals surface area contributed by atoms with Gasteiger partial charge in [0.05, 0.1) is 12.2 Å². The lowest BCUT2D eigenvalue weighted by molar-refractivity contribution is -0.151. The number of nitrogens with zero attached hydrogens (tertiary/aromatic N) is 1. The van der Waals surface area contributed by atoms with Gasteiger partial charge >= 0.3 is 5.97 Å². The summed E-state index contributed by atoms with van der Waals surface area (Å²) < 4.78 is 5.59. The van der Waals surface area contributed by atoms with Crippen molar-refractivity contribution in [3.8, 4) is 0 Å². The Morgan fingerprint density at radius 1 is 1.33 bits per heavy atom. The van der Waals surface area contributed by atoms with Crippen molar-refractivity contribution in [2.24, 2.45) is 5.92 Å². The predicted octanol–water partition coefficient (Wildman–Crippen LogP) is 1.20. The molecular weight excluding hydrogens is 194 g/mol. The van der Waals surface area contributed by atoms with Gasteiger partial charge in [-0.05, 0) is 19.8 Å². The standard InChI is InChI=1S/C11H21NO3/c1-7(2)10(11(13)14)12-5-8(3)15-9(4)6-12/h7-10H,5-6H2,1-4H3,(H,13,14)/t8-,9-,10+/m0/s1. The topological polar surface area (TPSA) is 49.8 Å². The Morgan fingerprint density at radius 2 is 1.80 bits per heavy atom. The third-order valence-corrected chi connectivity index (χ3v) is 2.73. The van der Waals surface area contributed by atoms with Crippen molar-refractivity contribution in [3.05, 3.63) is 0 Å². The minimum Gasteiger partial charge on any atom is -0.480 e. The minimum atomic E-state index is -0.730. The molecule has 0 aromatic heterocycles. The molecule has 0 amide bonds. The van der Waals surface area contributed by atoms with Gasteiger partial charge in [0, 0.05) is 13.1 Å². The second-order valence-corrected chi connectivity index (χ2v) is 4.74. The molecule has 1 heterocycles. The number of carboxylic acid groups (broad SMARTS) is 1. The number of aliphatic carboxylic acids is 1. The fourth-order valence-electron chi connectivity index (χ4n) is 2.31. The molecule has 1 rings (SSSR count). The zero-order valence-electron chi connectivity index (χ0n) is 9.93. The number of hydrogen-bond donors (Lipinski definition) is 1. The molecule has 1 fully saturated rings. The number of ether oxygens (including phenoxy) is 1. The summed E-state index contributed by atoms with van der Waals surface area (Å²) in [6, 6.07) is -0.390. The zero-order chi connectivity index (χ0) is 11.6. The Kier molecular flexibility index (Phi) is 4.11. The van der Waals surface area contributed by atoms with Crippen molar-refractivity contribution in [3.63, 3.8) is 0 Å². The maximum atomic E-state index is 11.2. The van der Waals surface area contributed by atoms with Crippen LogP contribution in [-0.4, -0.2) is 47.3 Å². The smallest absolute Gasteiger partial charge is 0.321 e. The average Bonchev–Trinajstić information content (AvgIpc) is 1.99. The highest BCUT2D eigenvalue weighted by Gasteiger charge is 2.33. The van der Waals surface area contributed by atoms with E-state index >= 15 is 0 Å². The van der Waals surface area contributed by atoms with Crippen molar-refractivity contribution in [2.45, 2.75) is 45.9 Å². The Hall–Kier alpha value is -0.610. The van der Waals surface area contributed by atoms with Crippen LogP contribution in [-0.2, 0) is 9.53 Å². The molecule has 1 saturated heterocycles. The molecule has 15 heavy (non-hydrogen) atoms.